The average Bonchev–Trinajstić information content (AvgIpc) is 3.22. The lowest BCUT2D eigenvalue weighted by Crippen LogP contribution is -2.29. The van der Waals surface area contributed by atoms with E-state index in [1.807, 2.05) is 11.0 Å². The van der Waals surface area contributed by atoms with Gasteiger partial charge < -0.3 is 10.2 Å². The van der Waals surface area contributed by atoms with Crippen LogP contribution >= 0.6 is 11.6 Å². The molecule has 2 aliphatic rings. The first kappa shape index (κ1) is 13.9. The van der Waals surface area contributed by atoms with E-state index in [1.165, 1.54) is 0 Å². The van der Waals surface area contributed by atoms with Gasteiger partial charge in [-0.3, -0.25) is 9.59 Å². The predicted molar refractivity (Wildman–Crippen MR) is 77.6 cm³/mol. The molecule has 1 aliphatic heterocycles. The van der Waals surface area contributed by atoms with Crippen molar-refractivity contribution < 1.29 is 9.59 Å². The molecule has 3 rings (SSSR count). The summed E-state index contributed by atoms with van der Waals surface area (Å²) in [5.41, 5.74) is 0.909. The summed E-state index contributed by atoms with van der Waals surface area (Å²) in [5.74, 6) is -0.421. The summed E-state index contributed by atoms with van der Waals surface area (Å²) in [4.78, 5) is 25.9. The molecule has 1 aromatic rings. The summed E-state index contributed by atoms with van der Waals surface area (Å²) in [6.45, 7) is 0.499. The lowest BCUT2D eigenvalue weighted by molar-refractivity contribution is -0.128. The van der Waals surface area contributed by atoms with E-state index >= 15 is 0 Å². The van der Waals surface area contributed by atoms with E-state index in [9.17, 15) is 9.59 Å². The average molecular weight is 304 g/mol. The first-order valence-electron chi connectivity index (χ1n) is 6.88. The van der Waals surface area contributed by atoms with Gasteiger partial charge in [0, 0.05) is 24.7 Å². The maximum Gasteiger partial charge on any atom is 0.229 e. The predicted octanol–water partition coefficient (Wildman–Crippen LogP) is 2.16. The summed E-state index contributed by atoms with van der Waals surface area (Å²) in [5, 5.41) is 11.9. The molecule has 1 saturated carbocycles. The van der Waals surface area contributed by atoms with Crippen molar-refractivity contribution >= 4 is 29.1 Å². The van der Waals surface area contributed by atoms with Gasteiger partial charge in [-0.2, -0.15) is 5.26 Å². The molecule has 1 N–H and O–H groups in total. The molecule has 108 valence electrons. The molecule has 0 aromatic heterocycles. The van der Waals surface area contributed by atoms with Crippen molar-refractivity contribution in [2.24, 2.45) is 5.92 Å². The van der Waals surface area contributed by atoms with Crippen LogP contribution in [0.1, 0.15) is 24.8 Å². The molecule has 1 saturated heterocycles. The Kier molecular flexibility index (Phi) is 3.56. The molecule has 0 radical (unpaired) electrons. The van der Waals surface area contributed by atoms with Crippen LogP contribution in [-0.4, -0.2) is 29.3 Å². The fourth-order valence-electron chi connectivity index (χ4n) is 2.57. The molecule has 21 heavy (non-hydrogen) atoms. The van der Waals surface area contributed by atoms with Crippen LogP contribution in [0, 0.1) is 17.2 Å². The Morgan fingerprint density at radius 3 is 2.81 bits per heavy atom. The highest BCUT2D eigenvalue weighted by Gasteiger charge is 2.41. The largest absolute Gasteiger partial charge is 0.339 e. The molecular weight excluding hydrogens is 290 g/mol. The third-order valence-corrected chi connectivity index (χ3v) is 4.19. The monoisotopic (exact) mass is 303 g/mol. The third kappa shape index (κ3) is 2.86. The van der Waals surface area contributed by atoms with Crippen LogP contribution in [0.2, 0.25) is 5.02 Å². The van der Waals surface area contributed by atoms with Gasteiger partial charge in [0.05, 0.1) is 16.5 Å². The van der Waals surface area contributed by atoms with Crippen molar-refractivity contribution in [1.29, 1.82) is 5.26 Å². The number of nitrogens with one attached hydrogen (secondary N) is 1. The van der Waals surface area contributed by atoms with Gasteiger partial charge in [-0.25, -0.2) is 0 Å². The van der Waals surface area contributed by atoms with Crippen molar-refractivity contribution in [1.82, 2.24) is 4.90 Å². The molecular formula is C15H14ClN3O2. The molecule has 1 atom stereocenters. The number of hydrogen-bond acceptors (Lipinski definition) is 3. The van der Waals surface area contributed by atoms with Crippen molar-refractivity contribution in [3.8, 4) is 6.07 Å². The highest BCUT2D eigenvalue weighted by Crippen LogP contribution is 2.33. The Bertz CT molecular complexity index is 649. The number of halogens is 1. The Labute approximate surface area is 127 Å². The Hall–Kier alpha value is -2.06. The number of benzene rings is 1. The van der Waals surface area contributed by atoms with E-state index in [-0.39, 0.29) is 24.2 Å². The highest BCUT2D eigenvalue weighted by atomic mass is 35.5. The number of carbonyl (C=O) groups excluding carboxylic acids is 2. The normalized spacial score (nSPS) is 21.2. The van der Waals surface area contributed by atoms with E-state index in [0.717, 1.165) is 12.8 Å². The standard InChI is InChI=1S/C15H14ClN3O2/c16-13-6-11(2-1-9(13)7-17)18-15(21)10-5-14(20)19(8-10)12-3-4-12/h1-2,6,10,12H,3-5,8H2,(H,18,21)/t10-/m0/s1. The maximum absolute atomic E-state index is 12.2. The summed E-state index contributed by atoms with van der Waals surface area (Å²) in [6.07, 6.45) is 2.36. The van der Waals surface area contributed by atoms with Gasteiger partial charge in [-0.15, -0.1) is 0 Å². The van der Waals surface area contributed by atoms with Crippen molar-refractivity contribution in [3.63, 3.8) is 0 Å². The number of carbonyl (C=O) groups is 2. The molecule has 2 amide bonds. The lowest BCUT2D eigenvalue weighted by Gasteiger charge is -2.15. The second-order valence-corrected chi connectivity index (χ2v) is 5.88. The molecule has 1 aliphatic carbocycles. The van der Waals surface area contributed by atoms with Gasteiger partial charge in [0.15, 0.2) is 0 Å². The smallest absolute Gasteiger partial charge is 0.229 e. The quantitative estimate of drug-likeness (QED) is 0.930. The number of hydrogen-bond donors (Lipinski definition) is 1. The number of nitriles is 1. The molecule has 0 spiro atoms. The summed E-state index contributed by atoms with van der Waals surface area (Å²) in [6, 6.07) is 7.06. The zero-order chi connectivity index (χ0) is 15.0. The van der Waals surface area contributed by atoms with Gasteiger partial charge in [-0.1, -0.05) is 11.6 Å². The number of likely N-dealkylation sites (tertiary alicyclic amines) is 1. The maximum atomic E-state index is 12.2. The second-order valence-electron chi connectivity index (χ2n) is 5.47. The summed E-state index contributed by atoms with van der Waals surface area (Å²) in [7, 11) is 0. The Balaban J connectivity index is 1.65. The van der Waals surface area contributed by atoms with Crippen molar-refractivity contribution in [3.05, 3.63) is 28.8 Å². The van der Waals surface area contributed by atoms with Crippen LogP contribution in [0.4, 0.5) is 5.69 Å². The van der Waals surface area contributed by atoms with Crippen LogP contribution < -0.4 is 5.32 Å². The van der Waals surface area contributed by atoms with E-state index in [0.29, 0.717) is 28.9 Å². The lowest BCUT2D eigenvalue weighted by atomic mass is 10.1. The third-order valence-electron chi connectivity index (χ3n) is 3.87. The van der Waals surface area contributed by atoms with Gasteiger partial charge in [0.25, 0.3) is 0 Å². The molecule has 1 aromatic carbocycles. The number of nitrogens with zero attached hydrogens (tertiary/aromatic N) is 2. The van der Waals surface area contributed by atoms with Gasteiger partial charge in [0.1, 0.15) is 6.07 Å². The van der Waals surface area contributed by atoms with Crippen LogP contribution in [0.3, 0.4) is 0 Å². The molecule has 5 nitrogen and oxygen atoms in total. The van der Waals surface area contributed by atoms with Crippen molar-refractivity contribution in [2.75, 3.05) is 11.9 Å². The van der Waals surface area contributed by atoms with E-state index in [2.05, 4.69) is 5.32 Å². The molecule has 6 heteroatoms. The SMILES string of the molecule is N#Cc1ccc(NC(=O)[C@H]2CC(=O)N(C3CC3)C2)cc1Cl. The summed E-state index contributed by atoms with van der Waals surface area (Å²) < 4.78 is 0. The first-order chi connectivity index (χ1) is 10.1. The first-order valence-corrected chi connectivity index (χ1v) is 7.26. The molecule has 0 bridgehead atoms. The van der Waals surface area contributed by atoms with Gasteiger partial charge >= 0.3 is 0 Å². The minimum atomic E-state index is -0.312. The topological polar surface area (TPSA) is 73.2 Å². The zero-order valence-corrected chi connectivity index (χ0v) is 12.1. The number of amides is 2. The van der Waals surface area contributed by atoms with Crippen LogP contribution in [0.5, 0.6) is 0 Å². The minimum absolute atomic E-state index is 0.0653. The van der Waals surface area contributed by atoms with E-state index in [1.54, 1.807) is 18.2 Å². The Morgan fingerprint density at radius 1 is 1.43 bits per heavy atom. The highest BCUT2D eigenvalue weighted by molar-refractivity contribution is 6.32. The Morgan fingerprint density at radius 2 is 2.19 bits per heavy atom. The van der Waals surface area contributed by atoms with Crippen LogP contribution in [0.15, 0.2) is 18.2 Å². The number of rotatable bonds is 3. The fraction of sp³-hybridized carbons (Fsp3) is 0.400. The fourth-order valence-corrected chi connectivity index (χ4v) is 2.80. The molecule has 0 unspecified atom stereocenters. The van der Waals surface area contributed by atoms with Gasteiger partial charge in [0.2, 0.25) is 11.8 Å². The minimum Gasteiger partial charge on any atom is -0.339 e. The summed E-state index contributed by atoms with van der Waals surface area (Å²) >= 11 is 5.93. The van der Waals surface area contributed by atoms with Crippen LogP contribution in [-0.2, 0) is 9.59 Å². The molecule has 1 heterocycles. The van der Waals surface area contributed by atoms with Gasteiger partial charge in [-0.05, 0) is 31.0 Å². The second kappa shape index (κ2) is 5.38. The zero-order valence-electron chi connectivity index (χ0n) is 11.3. The van der Waals surface area contributed by atoms with E-state index in [4.69, 9.17) is 16.9 Å². The van der Waals surface area contributed by atoms with E-state index < -0.39 is 0 Å². The van der Waals surface area contributed by atoms with Crippen LogP contribution in [0.25, 0.3) is 0 Å². The number of anilines is 1. The van der Waals surface area contributed by atoms with Crippen molar-refractivity contribution in [2.45, 2.75) is 25.3 Å². The molecule has 2 fully saturated rings.